The molecule has 0 aromatic rings. The molecule has 0 aliphatic carbocycles. The van der Waals surface area contributed by atoms with Gasteiger partial charge in [-0.05, 0) is 6.42 Å². The number of aliphatic hydroxyl groups is 3. The number of unbranched alkanes of at least 4 members (excludes halogenated alkanes) is 4. The normalized spacial score (nSPS) is 13.3. The number of halogens is 2. The van der Waals surface area contributed by atoms with Gasteiger partial charge < -0.3 is 15.3 Å². The number of rotatable bonds is 7. The summed E-state index contributed by atoms with van der Waals surface area (Å²) in [6.45, 7) is 2.01. The standard InChI is InChI=1S/C9H18F2O3/c1-2-3-4-5-6-7-8(10,11)9(12,13)14/h12-14H,2-7H2,1H3. The molecule has 0 atom stereocenters. The van der Waals surface area contributed by atoms with E-state index in [1.165, 1.54) is 0 Å². The van der Waals surface area contributed by atoms with E-state index in [1.807, 2.05) is 6.92 Å². The van der Waals surface area contributed by atoms with Crippen molar-refractivity contribution in [3.05, 3.63) is 0 Å². The molecular weight excluding hydrogens is 194 g/mol. The van der Waals surface area contributed by atoms with Gasteiger partial charge in [0.05, 0.1) is 0 Å². The molecule has 0 fully saturated rings. The summed E-state index contributed by atoms with van der Waals surface area (Å²) in [5.74, 6) is -7.74. The molecule has 0 amide bonds. The lowest BCUT2D eigenvalue weighted by Gasteiger charge is -2.25. The highest BCUT2D eigenvalue weighted by Crippen LogP contribution is 2.30. The first kappa shape index (κ1) is 13.7. The topological polar surface area (TPSA) is 60.7 Å². The second-order valence-electron chi connectivity index (χ2n) is 3.50. The SMILES string of the molecule is CCCCCCCC(F)(F)C(O)(O)O. The first-order chi connectivity index (χ1) is 6.31. The molecule has 0 rings (SSSR count). The Morgan fingerprint density at radius 1 is 0.929 bits per heavy atom. The second kappa shape index (κ2) is 5.58. The van der Waals surface area contributed by atoms with Gasteiger partial charge in [0.1, 0.15) is 0 Å². The maximum absolute atomic E-state index is 12.7. The lowest BCUT2D eigenvalue weighted by molar-refractivity contribution is -0.407. The van der Waals surface area contributed by atoms with Crippen molar-refractivity contribution in [2.75, 3.05) is 0 Å². The smallest absolute Gasteiger partial charge is 0.339 e. The minimum Gasteiger partial charge on any atom is -0.339 e. The van der Waals surface area contributed by atoms with E-state index in [1.54, 1.807) is 0 Å². The minimum atomic E-state index is -3.89. The molecular formula is C9H18F2O3. The Hall–Kier alpha value is -0.260. The molecule has 0 saturated carbocycles. The molecule has 3 N–H and O–H groups in total. The number of hydrogen-bond acceptors (Lipinski definition) is 3. The van der Waals surface area contributed by atoms with E-state index in [4.69, 9.17) is 15.3 Å². The molecule has 3 nitrogen and oxygen atoms in total. The van der Waals surface area contributed by atoms with Crippen molar-refractivity contribution in [1.29, 1.82) is 0 Å². The van der Waals surface area contributed by atoms with E-state index < -0.39 is 18.3 Å². The molecule has 0 aromatic heterocycles. The Kier molecular flexibility index (Phi) is 5.48. The van der Waals surface area contributed by atoms with E-state index in [0.717, 1.165) is 19.3 Å². The minimum absolute atomic E-state index is 0.177. The van der Waals surface area contributed by atoms with Crippen molar-refractivity contribution in [1.82, 2.24) is 0 Å². The summed E-state index contributed by atoms with van der Waals surface area (Å²) in [7, 11) is 0. The Balaban J connectivity index is 3.67. The molecule has 5 heteroatoms. The fourth-order valence-electron chi connectivity index (χ4n) is 1.12. The fraction of sp³-hybridized carbons (Fsp3) is 1.00. The van der Waals surface area contributed by atoms with Crippen LogP contribution in [0, 0.1) is 0 Å². The van der Waals surface area contributed by atoms with Gasteiger partial charge in [0.25, 0.3) is 0 Å². The summed E-state index contributed by atoms with van der Waals surface area (Å²) in [6.07, 6.45) is 2.92. The van der Waals surface area contributed by atoms with Crippen molar-refractivity contribution in [3.8, 4) is 0 Å². The molecule has 0 bridgehead atoms. The van der Waals surface area contributed by atoms with Gasteiger partial charge in [-0.15, -0.1) is 0 Å². The van der Waals surface area contributed by atoms with Crippen LogP contribution in [-0.4, -0.2) is 27.2 Å². The zero-order valence-corrected chi connectivity index (χ0v) is 8.34. The quantitative estimate of drug-likeness (QED) is 0.444. The van der Waals surface area contributed by atoms with Crippen LogP contribution in [0.25, 0.3) is 0 Å². The van der Waals surface area contributed by atoms with Crippen LogP contribution in [0.3, 0.4) is 0 Å². The first-order valence-corrected chi connectivity index (χ1v) is 4.86. The van der Waals surface area contributed by atoms with Crippen LogP contribution in [0.5, 0.6) is 0 Å². The summed E-state index contributed by atoms with van der Waals surface area (Å²) in [5, 5.41) is 24.9. The summed E-state index contributed by atoms with van der Waals surface area (Å²) in [6, 6.07) is 0. The van der Waals surface area contributed by atoms with Crippen LogP contribution in [-0.2, 0) is 0 Å². The Morgan fingerprint density at radius 3 is 1.86 bits per heavy atom. The third-order valence-electron chi connectivity index (χ3n) is 2.09. The average molecular weight is 212 g/mol. The molecule has 0 aliphatic rings. The Morgan fingerprint density at radius 2 is 1.43 bits per heavy atom. The zero-order valence-electron chi connectivity index (χ0n) is 8.34. The van der Waals surface area contributed by atoms with Gasteiger partial charge in [-0.1, -0.05) is 32.6 Å². The molecule has 86 valence electrons. The van der Waals surface area contributed by atoms with E-state index in [2.05, 4.69) is 0 Å². The third-order valence-corrected chi connectivity index (χ3v) is 2.09. The summed E-state index contributed by atoms with van der Waals surface area (Å²) >= 11 is 0. The van der Waals surface area contributed by atoms with Gasteiger partial charge in [-0.25, -0.2) is 0 Å². The van der Waals surface area contributed by atoms with E-state index >= 15 is 0 Å². The maximum Gasteiger partial charge on any atom is 0.343 e. The molecule has 14 heavy (non-hydrogen) atoms. The number of hydrogen-bond donors (Lipinski definition) is 3. The third kappa shape index (κ3) is 4.83. The molecule has 0 aliphatic heterocycles. The molecule has 0 aromatic carbocycles. The van der Waals surface area contributed by atoms with Gasteiger partial charge in [0, 0.05) is 6.42 Å². The van der Waals surface area contributed by atoms with Crippen LogP contribution in [0.1, 0.15) is 45.4 Å². The van der Waals surface area contributed by atoms with Gasteiger partial charge in [0.15, 0.2) is 0 Å². The van der Waals surface area contributed by atoms with E-state index in [0.29, 0.717) is 6.42 Å². The van der Waals surface area contributed by atoms with Crippen LogP contribution in [0.4, 0.5) is 8.78 Å². The predicted molar refractivity (Wildman–Crippen MR) is 47.7 cm³/mol. The largest absolute Gasteiger partial charge is 0.343 e. The van der Waals surface area contributed by atoms with Gasteiger partial charge >= 0.3 is 11.9 Å². The van der Waals surface area contributed by atoms with Crippen molar-refractivity contribution < 1.29 is 24.1 Å². The van der Waals surface area contributed by atoms with Crippen molar-refractivity contribution in [2.24, 2.45) is 0 Å². The monoisotopic (exact) mass is 212 g/mol. The molecule has 0 unspecified atom stereocenters. The van der Waals surface area contributed by atoms with Gasteiger partial charge in [-0.3, -0.25) is 0 Å². The fourth-order valence-corrected chi connectivity index (χ4v) is 1.12. The highest BCUT2D eigenvalue weighted by molar-refractivity contribution is 4.73. The molecule has 0 spiro atoms. The van der Waals surface area contributed by atoms with Crippen LogP contribution in [0.15, 0.2) is 0 Å². The van der Waals surface area contributed by atoms with Crippen molar-refractivity contribution in [2.45, 2.75) is 57.3 Å². The Bertz CT molecular complexity index is 155. The van der Waals surface area contributed by atoms with Crippen molar-refractivity contribution in [3.63, 3.8) is 0 Å². The highest BCUT2D eigenvalue weighted by Gasteiger charge is 2.50. The van der Waals surface area contributed by atoms with E-state index in [9.17, 15) is 8.78 Å². The number of alkyl halides is 2. The van der Waals surface area contributed by atoms with Crippen molar-refractivity contribution >= 4 is 0 Å². The molecule has 0 heterocycles. The van der Waals surface area contributed by atoms with Crippen LogP contribution < -0.4 is 0 Å². The zero-order chi connectivity index (χ0) is 11.2. The highest BCUT2D eigenvalue weighted by atomic mass is 19.3. The van der Waals surface area contributed by atoms with Gasteiger partial charge in [-0.2, -0.15) is 8.78 Å². The van der Waals surface area contributed by atoms with Crippen LogP contribution >= 0.6 is 0 Å². The predicted octanol–water partition coefficient (Wildman–Crippen LogP) is 1.61. The summed E-state index contributed by atoms with van der Waals surface area (Å²) in [5.41, 5.74) is 0. The summed E-state index contributed by atoms with van der Waals surface area (Å²) < 4.78 is 25.4. The lowest BCUT2D eigenvalue weighted by atomic mass is 10.1. The second-order valence-corrected chi connectivity index (χ2v) is 3.50. The Labute approximate surface area is 82.4 Å². The summed E-state index contributed by atoms with van der Waals surface area (Å²) in [4.78, 5) is 0. The first-order valence-electron chi connectivity index (χ1n) is 4.86. The van der Waals surface area contributed by atoms with Crippen LogP contribution in [0.2, 0.25) is 0 Å². The maximum atomic E-state index is 12.7. The van der Waals surface area contributed by atoms with Gasteiger partial charge in [0.2, 0.25) is 0 Å². The van der Waals surface area contributed by atoms with E-state index in [-0.39, 0.29) is 6.42 Å². The molecule has 0 saturated heterocycles. The lowest BCUT2D eigenvalue weighted by Crippen LogP contribution is -2.47. The average Bonchev–Trinajstić information content (AvgIpc) is 2.02. The molecule has 0 radical (unpaired) electrons.